The molecule has 0 fully saturated rings. The second kappa shape index (κ2) is 4.84. The number of alkyl halides is 3. The summed E-state index contributed by atoms with van der Waals surface area (Å²) in [5.41, 5.74) is -0.624. The molecule has 0 saturated heterocycles. The topological polar surface area (TPSA) is 76.7 Å². The van der Waals surface area contributed by atoms with Crippen LogP contribution in [0.2, 0.25) is 0 Å². The van der Waals surface area contributed by atoms with Gasteiger partial charge in [-0.15, -0.1) is 10.2 Å². The van der Waals surface area contributed by atoms with Crippen LogP contribution >= 0.6 is 0 Å². The van der Waals surface area contributed by atoms with Crippen molar-refractivity contribution in [2.75, 3.05) is 6.61 Å². The number of halogens is 3. The average Bonchev–Trinajstić information content (AvgIpc) is 2.70. The first-order chi connectivity index (χ1) is 8.88. The molecule has 0 atom stereocenters. The Morgan fingerprint density at radius 2 is 2.11 bits per heavy atom. The Balaban J connectivity index is 2.27. The van der Waals surface area contributed by atoms with E-state index in [-0.39, 0.29) is 18.1 Å². The van der Waals surface area contributed by atoms with Gasteiger partial charge >= 0.3 is 12.1 Å². The van der Waals surface area contributed by atoms with E-state index in [2.05, 4.69) is 10.2 Å². The van der Waals surface area contributed by atoms with E-state index in [1.165, 1.54) is 6.07 Å². The molecule has 2 heterocycles. The third-order valence-corrected chi connectivity index (χ3v) is 2.26. The Labute approximate surface area is 104 Å². The van der Waals surface area contributed by atoms with Gasteiger partial charge in [0.2, 0.25) is 0 Å². The normalized spacial score (nSPS) is 11.9. The van der Waals surface area contributed by atoms with Crippen molar-refractivity contribution in [1.82, 2.24) is 14.6 Å². The molecule has 0 amide bonds. The zero-order valence-corrected chi connectivity index (χ0v) is 9.39. The third kappa shape index (κ3) is 2.99. The van der Waals surface area contributed by atoms with Crippen LogP contribution in [0.15, 0.2) is 18.3 Å². The van der Waals surface area contributed by atoms with Crippen molar-refractivity contribution in [3.8, 4) is 0 Å². The predicted octanol–water partition coefficient (Wildman–Crippen LogP) is 1.35. The molecule has 0 bridgehead atoms. The number of carboxylic acids is 1. The van der Waals surface area contributed by atoms with E-state index in [0.717, 1.165) is 16.7 Å². The Bertz CT molecular complexity index is 609. The molecule has 2 rings (SSSR count). The lowest BCUT2D eigenvalue weighted by atomic mass is 10.3. The van der Waals surface area contributed by atoms with Crippen LogP contribution in [0, 0.1) is 0 Å². The Kier molecular flexibility index (Phi) is 3.38. The molecule has 1 N–H and O–H groups in total. The first-order valence-electron chi connectivity index (χ1n) is 5.08. The van der Waals surface area contributed by atoms with Crippen molar-refractivity contribution in [3.05, 3.63) is 29.7 Å². The SMILES string of the molecule is O=C(O)COCc1nnc2ccc(C(F)(F)F)cn12. The minimum atomic E-state index is -4.47. The summed E-state index contributed by atoms with van der Waals surface area (Å²) >= 11 is 0. The second-order valence-corrected chi connectivity index (χ2v) is 3.65. The molecule has 9 heteroatoms. The average molecular weight is 275 g/mol. The minimum Gasteiger partial charge on any atom is -0.480 e. The molecule has 6 nitrogen and oxygen atoms in total. The molecule has 102 valence electrons. The van der Waals surface area contributed by atoms with Gasteiger partial charge in [0.1, 0.15) is 13.2 Å². The van der Waals surface area contributed by atoms with Crippen LogP contribution in [-0.2, 0) is 22.3 Å². The van der Waals surface area contributed by atoms with Crippen molar-refractivity contribution in [1.29, 1.82) is 0 Å². The number of fused-ring (bicyclic) bond motifs is 1. The summed E-state index contributed by atoms with van der Waals surface area (Å²) in [5.74, 6) is -1.08. The van der Waals surface area contributed by atoms with Gasteiger partial charge in [-0.2, -0.15) is 13.2 Å². The lowest BCUT2D eigenvalue weighted by Crippen LogP contribution is -2.10. The fourth-order valence-corrected chi connectivity index (χ4v) is 1.43. The molecular weight excluding hydrogens is 267 g/mol. The molecule has 0 spiro atoms. The van der Waals surface area contributed by atoms with Crippen molar-refractivity contribution < 1.29 is 27.8 Å². The third-order valence-electron chi connectivity index (χ3n) is 2.26. The van der Waals surface area contributed by atoms with Gasteiger partial charge in [-0.3, -0.25) is 4.40 Å². The predicted molar refractivity (Wildman–Crippen MR) is 55.3 cm³/mol. The van der Waals surface area contributed by atoms with Crippen molar-refractivity contribution in [2.24, 2.45) is 0 Å². The summed E-state index contributed by atoms with van der Waals surface area (Å²) in [6.07, 6.45) is -3.63. The van der Waals surface area contributed by atoms with Gasteiger partial charge < -0.3 is 9.84 Å². The molecule has 0 saturated carbocycles. The first kappa shape index (κ1) is 13.3. The maximum absolute atomic E-state index is 12.5. The first-order valence-corrected chi connectivity index (χ1v) is 5.08. The lowest BCUT2D eigenvalue weighted by molar-refractivity contribution is -0.142. The molecule has 0 aliphatic carbocycles. The van der Waals surface area contributed by atoms with Gasteiger partial charge in [0, 0.05) is 6.20 Å². The van der Waals surface area contributed by atoms with Crippen molar-refractivity contribution >= 4 is 11.6 Å². The number of carboxylic acid groups (broad SMARTS) is 1. The van der Waals surface area contributed by atoms with E-state index in [1.54, 1.807) is 0 Å². The van der Waals surface area contributed by atoms with Gasteiger partial charge in [0.05, 0.1) is 5.56 Å². The highest BCUT2D eigenvalue weighted by molar-refractivity contribution is 5.67. The van der Waals surface area contributed by atoms with Crippen LogP contribution in [0.5, 0.6) is 0 Å². The Morgan fingerprint density at radius 1 is 1.37 bits per heavy atom. The number of rotatable bonds is 4. The second-order valence-electron chi connectivity index (χ2n) is 3.65. The summed E-state index contributed by atoms with van der Waals surface area (Å²) in [4.78, 5) is 10.3. The minimum absolute atomic E-state index is 0.0994. The van der Waals surface area contributed by atoms with Gasteiger partial charge in [-0.25, -0.2) is 4.79 Å². The zero-order valence-electron chi connectivity index (χ0n) is 9.39. The van der Waals surface area contributed by atoms with Crippen molar-refractivity contribution in [2.45, 2.75) is 12.8 Å². The molecule has 19 heavy (non-hydrogen) atoms. The van der Waals surface area contributed by atoms with E-state index in [9.17, 15) is 18.0 Å². The molecule has 0 aliphatic rings. The molecule has 0 aromatic carbocycles. The van der Waals surface area contributed by atoms with E-state index in [4.69, 9.17) is 9.84 Å². The number of aliphatic carboxylic acids is 1. The highest BCUT2D eigenvalue weighted by atomic mass is 19.4. The number of hydrogen-bond donors (Lipinski definition) is 1. The highest BCUT2D eigenvalue weighted by Gasteiger charge is 2.31. The van der Waals surface area contributed by atoms with Gasteiger partial charge in [-0.1, -0.05) is 0 Å². The smallest absolute Gasteiger partial charge is 0.417 e. The van der Waals surface area contributed by atoms with Crippen LogP contribution < -0.4 is 0 Å². The molecule has 0 aliphatic heterocycles. The monoisotopic (exact) mass is 275 g/mol. The summed E-state index contributed by atoms with van der Waals surface area (Å²) in [5, 5.41) is 15.7. The Hall–Kier alpha value is -2.16. The van der Waals surface area contributed by atoms with Crippen LogP contribution in [0.1, 0.15) is 11.4 Å². The van der Waals surface area contributed by atoms with Crippen molar-refractivity contribution in [3.63, 3.8) is 0 Å². The zero-order chi connectivity index (χ0) is 14.0. The summed E-state index contributed by atoms with van der Waals surface area (Å²) in [6, 6.07) is 2.07. The number of hydrogen-bond acceptors (Lipinski definition) is 4. The standard InChI is InChI=1S/C10H8F3N3O3/c11-10(12,13)6-1-2-7-14-15-8(16(7)3-6)4-19-5-9(17)18/h1-3H,4-5H2,(H,17,18). The summed E-state index contributed by atoms with van der Waals surface area (Å²) in [6.45, 7) is -0.803. The fraction of sp³-hybridized carbons (Fsp3) is 0.300. The number of pyridine rings is 1. The fourth-order valence-electron chi connectivity index (χ4n) is 1.43. The van der Waals surface area contributed by atoms with Gasteiger partial charge in [0.15, 0.2) is 11.5 Å². The number of ether oxygens (including phenoxy) is 1. The maximum Gasteiger partial charge on any atom is 0.417 e. The van der Waals surface area contributed by atoms with Crippen LogP contribution in [-0.4, -0.2) is 32.3 Å². The molecule has 0 radical (unpaired) electrons. The lowest BCUT2D eigenvalue weighted by Gasteiger charge is -2.07. The largest absolute Gasteiger partial charge is 0.480 e. The van der Waals surface area contributed by atoms with E-state index in [0.29, 0.717) is 0 Å². The number of nitrogens with zero attached hydrogens (tertiary/aromatic N) is 3. The van der Waals surface area contributed by atoms with Crippen LogP contribution in [0.4, 0.5) is 13.2 Å². The maximum atomic E-state index is 12.5. The molecule has 2 aromatic heterocycles. The number of aromatic nitrogens is 3. The summed E-state index contributed by atoms with van der Waals surface area (Å²) < 4.78 is 43.5. The van der Waals surface area contributed by atoms with Gasteiger partial charge in [0.25, 0.3) is 0 Å². The molecular formula is C10H8F3N3O3. The summed E-state index contributed by atoms with van der Waals surface area (Å²) in [7, 11) is 0. The van der Waals surface area contributed by atoms with Gasteiger partial charge in [-0.05, 0) is 12.1 Å². The number of carbonyl (C=O) groups is 1. The quantitative estimate of drug-likeness (QED) is 0.911. The highest BCUT2D eigenvalue weighted by Crippen LogP contribution is 2.29. The van der Waals surface area contributed by atoms with Crippen LogP contribution in [0.25, 0.3) is 5.65 Å². The molecule has 2 aromatic rings. The molecule has 0 unspecified atom stereocenters. The van der Waals surface area contributed by atoms with E-state index < -0.39 is 24.3 Å². The van der Waals surface area contributed by atoms with E-state index >= 15 is 0 Å². The van der Waals surface area contributed by atoms with E-state index in [1.807, 2.05) is 0 Å². The Morgan fingerprint density at radius 3 is 2.74 bits per heavy atom. The van der Waals surface area contributed by atoms with Crippen LogP contribution in [0.3, 0.4) is 0 Å².